The van der Waals surface area contributed by atoms with Gasteiger partial charge in [0, 0.05) is 17.5 Å². The number of aliphatic carboxylic acids is 1. The minimum absolute atomic E-state index is 0.198. The van der Waals surface area contributed by atoms with Gasteiger partial charge in [0.05, 0.1) is 11.6 Å². The molecular weight excluding hydrogens is 420 g/mol. The lowest BCUT2D eigenvalue weighted by Crippen LogP contribution is -2.34. The molecule has 0 unspecified atom stereocenters. The van der Waals surface area contributed by atoms with Crippen LogP contribution in [0.2, 0.25) is 0 Å². The predicted molar refractivity (Wildman–Crippen MR) is 123 cm³/mol. The minimum atomic E-state index is -0.835. The lowest BCUT2D eigenvalue weighted by molar-refractivity contribution is -0.142. The molecule has 1 aliphatic heterocycles. The molecule has 2 aromatic heterocycles. The van der Waals surface area contributed by atoms with Crippen molar-refractivity contribution in [2.75, 3.05) is 13.1 Å². The van der Waals surface area contributed by atoms with Crippen LogP contribution in [-0.4, -0.2) is 55.9 Å². The van der Waals surface area contributed by atoms with Gasteiger partial charge in [-0.3, -0.25) is 4.79 Å². The van der Waals surface area contributed by atoms with Crippen LogP contribution in [0.3, 0.4) is 0 Å². The van der Waals surface area contributed by atoms with Gasteiger partial charge in [-0.2, -0.15) is 5.21 Å². The molecule has 3 aromatic rings. The van der Waals surface area contributed by atoms with Crippen molar-refractivity contribution in [3.05, 3.63) is 53.9 Å². The molecule has 2 atom stereocenters. The van der Waals surface area contributed by atoms with Gasteiger partial charge in [0.2, 0.25) is 5.88 Å². The maximum atomic E-state index is 11.9. The van der Waals surface area contributed by atoms with E-state index in [4.69, 9.17) is 9.72 Å². The van der Waals surface area contributed by atoms with Crippen molar-refractivity contribution >= 4 is 5.97 Å². The van der Waals surface area contributed by atoms with Crippen molar-refractivity contribution in [1.29, 1.82) is 0 Å². The number of H-pyrrole nitrogens is 1. The molecule has 33 heavy (non-hydrogen) atoms. The summed E-state index contributed by atoms with van der Waals surface area (Å²) in [6.07, 6.45) is 4.01. The number of hydrogen-bond donors (Lipinski definition) is 3. The van der Waals surface area contributed by atoms with Crippen LogP contribution < -0.4 is 10.1 Å². The third-order valence-electron chi connectivity index (χ3n) is 6.10. The lowest BCUT2D eigenvalue weighted by Gasteiger charge is -2.23. The average Bonchev–Trinajstić information content (AvgIpc) is 3.37. The Hall–Kier alpha value is -3.33. The topological polar surface area (TPSA) is 126 Å². The van der Waals surface area contributed by atoms with Gasteiger partial charge in [0.1, 0.15) is 6.10 Å². The molecule has 0 amide bonds. The van der Waals surface area contributed by atoms with E-state index in [-0.39, 0.29) is 12.0 Å². The van der Waals surface area contributed by atoms with Crippen LogP contribution >= 0.6 is 0 Å². The number of aromatic amines is 1. The van der Waals surface area contributed by atoms with Gasteiger partial charge < -0.3 is 15.2 Å². The smallest absolute Gasteiger partial charge is 0.307 e. The predicted octanol–water partition coefficient (Wildman–Crippen LogP) is 3.22. The number of carboxylic acids is 1. The maximum Gasteiger partial charge on any atom is 0.307 e. The van der Waals surface area contributed by atoms with E-state index in [1.54, 1.807) is 0 Å². The highest BCUT2D eigenvalue weighted by Crippen LogP contribution is 2.30. The van der Waals surface area contributed by atoms with Crippen LogP contribution in [0, 0.1) is 5.92 Å². The van der Waals surface area contributed by atoms with Crippen molar-refractivity contribution in [3.63, 3.8) is 0 Å². The van der Waals surface area contributed by atoms with Crippen LogP contribution in [0.1, 0.15) is 49.9 Å². The van der Waals surface area contributed by atoms with E-state index < -0.39 is 11.9 Å². The Kier molecular flexibility index (Phi) is 7.62. The molecule has 0 spiro atoms. The van der Waals surface area contributed by atoms with Gasteiger partial charge in [-0.1, -0.05) is 48.9 Å². The third kappa shape index (κ3) is 5.92. The molecule has 0 aliphatic carbocycles. The number of nitrogens with zero attached hydrogens (tertiary/aromatic N) is 4. The van der Waals surface area contributed by atoms with Crippen LogP contribution in [0.4, 0.5) is 0 Å². The fourth-order valence-electron chi connectivity index (χ4n) is 4.34. The Balaban J connectivity index is 1.49. The number of benzene rings is 1. The largest absolute Gasteiger partial charge is 0.481 e. The number of carbonyl (C=O) groups is 1. The Morgan fingerprint density at radius 3 is 2.64 bits per heavy atom. The molecule has 3 N–H and O–H groups in total. The zero-order valence-corrected chi connectivity index (χ0v) is 18.8. The highest BCUT2D eigenvalue weighted by atomic mass is 16.5. The molecule has 0 bridgehead atoms. The summed E-state index contributed by atoms with van der Waals surface area (Å²) >= 11 is 0. The second-order valence-electron chi connectivity index (χ2n) is 8.44. The monoisotopic (exact) mass is 450 g/mol. The zero-order chi connectivity index (χ0) is 23.0. The van der Waals surface area contributed by atoms with Crippen LogP contribution in [-0.2, 0) is 11.2 Å². The lowest BCUT2D eigenvalue weighted by atomic mass is 9.83. The number of nitrogens with one attached hydrogen (secondary N) is 2. The molecule has 1 aliphatic rings. The van der Waals surface area contributed by atoms with Crippen molar-refractivity contribution in [2.45, 2.75) is 51.0 Å². The highest BCUT2D eigenvalue weighted by molar-refractivity contribution is 5.71. The Labute approximate surface area is 193 Å². The van der Waals surface area contributed by atoms with E-state index in [9.17, 15) is 9.90 Å². The summed E-state index contributed by atoms with van der Waals surface area (Å²) < 4.78 is 6.08. The van der Waals surface area contributed by atoms with E-state index in [1.165, 1.54) is 0 Å². The summed E-state index contributed by atoms with van der Waals surface area (Å²) in [6.45, 7) is 3.92. The number of ether oxygens (including phenoxy) is 1. The minimum Gasteiger partial charge on any atom is -0.481 e. The normalized spacial score (nSPS) is 16.3. The SMILES string of the molecule is CCC[C@H](C(=O)O)[C@H](Cc1ccc(-c2cccc(OC3CCNCC3)n2)cc1)c1nn[nH]n1. The summed E-state index contributed by atoms with van der Waals surface area (Å²) in [7, 11) is 0. The van der Waals surface area contributed by atoms with Gasteiger partial charge in [-0.05, 0) is 50.4 Å². The quantitative estimate of drug-likeness (QED) is 0.430. The van der Waals surface area contributed by atoms with E-state index in [0.717, 1.165) is 49.2 Å². The van der Waals surface area contributed by atoms with Crippen molar-refractivity contribution in [3.8, 4) is 17.1 Å². The summed E-state index contributed by atoms with van der Waals surface area (Å²) in [5, 5.41) is 27.4. The summed E-state index contributed by atoms with van der Waals surface area (Å²) in [6, 6.07) is 13.9. The highest BCUT2D eigenvalue weighted by Gasteiger charge is 2.32. The van der Waals surface area contributed by atoms with Crippen LogP contribution in [0.5, 0.6) is 5.88 Å². The average molecular weight is 451 g/mol. The van der Waals surface area contributed by atoms with E-state index in [2.05, 4.69) is 25.9 Å². The molecule has 0 radical (unpaired) electrons. The van der Waals surface area contributed by atoms with Crippen LogP contribution in [0.25, 0.3) is 11.3 Å². The first-order valence-electron chi connectivity index (χ1n) is 11.5. The fraction of sp³-hybridized carbons (Fsp3) is 0.458. The number of rotatable bonds is 10. The van der Waals surface area contributed by atoms with Crippen molar-refractivity contribution in [2.24, 2.45) is 5.92 Å². The second-order valence-corrected chi connectivity index (χ2v) is 8.44. The van der Waals surface area contributed by atoms with Crippen molar-refractivity contribution < 1.29 is 14.6 Å². The summed E-state index contributed by atoms with van der Waals surface area (Å²) in [4.78, 5) is 16.6. The Bertz CT molecular complexity index is 1020. The maximum absolute atomic E-state index is 11.9. The van der Waals surface area contributed by atoms with Gasteiger partial charge in [0.15, 0.2) is 5.82 Å². The second kappa shape index (κ2) is 11.0. The fourth-order valence-corrected chi connectivity index (χ4v) is 4.34. The van der Waals surface area contributed by atoms with Gasteiger partial charge in [-0.15, -0.1) is 10.2 Å². The van der Waals surface area contributed by atoms with Gasteiger partial charge in [0.25, 0.3) is 0 Å². The number of pyridine rings is 1. The number of aromatic nitrogens is 5. The summed E-state index contributed by atoms with van der Waals surface area (Å²) in [5.74, 6) is -0.684. The van der Waals surface area contributed by atoms with Crippen molar-refractivity contribution in [1.82, 2.24) is 30.9 Å². The standard InChI is InChI=1S/C24H30N6O3/c1-2-4-19(24(31)32)20(23-27-29-30-28-23)15-16-7-9-17(10-8-16)21-5-3-6-22(26-21)33-18-11-13-25-14-12-18/h3,5-10,18-20,25H,2,4,11-15H2,1H3,(H,31,32)(H,27,28,29,30)/t19-,20-/m0/s1. The molecule has 0 saturated carbocycles. The third-order valence-corrected chi connectivity index (χ3v) is 6.10. The molecule has 9 nitrogen and oxygen atoms in total. The first kappa shape index (κ1) is 22.8. The first-order chi connectivity index (χ1) is 16.1. The van der Waals surface area contributed by atoms with E-state index >= 15 is 0 Å². The van der Waals surface area contributed by atoms with Crippen LogP contribution in [0.15, 0.2) is 42.5 Å². The van der Waals surface area contributed by atoms with E-state index in [1.807, 2.05) is 49.4 Å². The molecular formula is C24H30N6O3. The zero-order valence-electron chi connectivity index (χ0n) is 18.8. The molecule has 174 valence electrons. The molecule has 1 fully saturated rings. The number of piperidine rings is 1. The number of carboxylic acid groups (broad SMARTS) is 1. The van der Waals surface area contributed by atoms with Gasteiger partial charge in [-0.25, -0.2) is 4.98 Å². The van der Waals surface area contributed by atoms with E-state index in [0.29, 0.717) is 24.5 Å². The van der Waals surface area contributed by atoms with Gasteiger partial charge >= 0.3 is 5.97 Å². The molecule has 1 aromatic carbocycles. The number of tetrazole rings is 1. The molecule has 3 heterocycles. The number of hydrogen-bond acceptors (Lipinski definition) is 7. The molecule has 1 saturated heterocycles. The Morgan fingerprint density at radius 2 is 1.97 bits per heavy atom. The molecule has 9 heteroatoms. The summed E-state index contributed by atoms with van der Waals surface area (Å²) in [5.41, 5.74) is 2.84. The Morgan fingerprint density at radius 1 is 1.18 bits per heavy atom. The molecule has 4 rings (SSSR count). The first-order valence-corrected chi connectivity index (χ1v) is 11.5.